The van der Waals surface area contributed by atoms with Crippen LogP contribution >= 0.6 is 0 Å². The molecule has 0 bridgehead atoms. The molecule has 140 valence electrons. The normalized spacial score (nSPS) is 14.6. The first kappa shape index (κ1) is 18.2. The number of rotatable bonds is 4. The van der Waals surface area contributed by atoms with E-state index < -0.39 is 5.54 Å². The van der Waals surface area contributed by atoms with Gasteiger partial charge in [0.25, 0.3) is 0 Å². The van der Waals surface area contributed by atoms with Crippen LogP contribution in [0.5, 0.6) is 0 Å². The smallest absolute Gasteiger partial charge is 0.231 e. The maximum absolute atomic E-state index is 13.1. The molecule has 1 heterocycles. The summed E-state index contributed by atoms with van der Waals surface area (Å²) in [5.41, 5.74) is 3.94. The Hall–Kier alpha value is -3.20. The molecule has 3 aromatic rings. The standard InChI is InChI=1S/C25H23NO2/c1-18-10-6-8-14-21(18)25(20-12-4-3-5-13-20,22-15-9-7-11-19(22)2)26-23(27)16-17-24(26)28/h3-15H,16-17H2,1-2H3. The minimum absolute atomic E-state index is 0.125. The maximum Gasteiger partial charge on any atom is 0.231 e. The summed E-state index contributed by atoms with van der Waals surface area (Å²) in [6, 6.07) is 26.0. The molecule has 0 atom stereocenters. The fourth-order valence-corrected chi connectivity index (χ4v) is 4.41. The summed E-state index contributed by atoms with van der Waals surface area (Å²) in [5, 5.41) is 0. The number of hydrogen-bond acceptors (Lipinski definition) is 2. The van der Waals surface area contributed by atoms with E-state index in [1.165, 1.54) is 4.90 Å². The second-order valence-corrected chi connectivity index (χ2v) is 7.33. The minimum atomic E-state index is -0.984. The number of benzene rings is 3. The fraction of sp³-hybridized carbons (Fsp3) is 0.200. The third-order valence-corrected chi connectivity index (χ3v) is 5.65. The Morgan fingerprint density at radius 3 is 1.54 bits per heavy atom. The summed E-state index contributed by atoms with van der Waals surface area (Å²) in [6.45, 7) is 4.08. The molecule has 0 aliphatic carbocycles. The van der Waals surface area contributed by atoms with E-state index in [4.69, 9.17) is 0 Å². The molecule has 1 aliphatic heterocycles. The lowest BCUT2D eigenvalue weighted by atomic mass is 9.72. The van der Waals surface area contributed by atoms with Gasteiger partial charge in [-0.25, -0.2) is 0 Å². The number of nitrogens with zero attached hydrogens (tertiary/aromatic N) is 1. The maximum atomic E-state index is 13.1. The van der Waals surface area contributed by atoms with E-state index in [1.807, 2.05) is 92.7 Å². The number of carbonyl (C=O) groups excluding carboxylic acids is 2. The Balaban J connectivity index is 2.18. The van der Waals surface area contributed by atoms with Crippen molar-refractivity contribution in [3.05, 3.63) is 107 Å². The van der Waals surface area contributed by atoms with Crippen molar-refractivity contribution in [1.29, 1.82) is 0 Å². The number of likely N-dealkylation sites (tertiary alicyclic amines) is 1. The van der Waals surface area contributed by atoms with Crippen LogP contribution in [0.1, 0.15) is 40.7 Å². The van der Waals surface area contributed by atoms with Gasteiger partial charge in [-0.05, 0) is 41.7 Å². The van der Waals surface area contributed by atoms with Crippen molar-refractivity contribution in [2.24, 2.45) is 0 Å². The Morgan fingerprint density at radius 2 is 1.07 bits per heavy atom. The highest BCUT2D eigenvalue weighted by atomic mass is 16.2. The van der Waals surface area contributed by atoms with Crippen LogP contribution < -0.4 is 0 Å². The largest absolute Gasteiger partial charge is 0.274 e. The molecule has 0 unspecified atom stereocenters. The molecule has 1 saturated heterocycles. The van der Waals surface area contributed by atoms with Crippen LogP contribution in [-0.4, -0.2) is 16.7 Å². The summed E-state index contributed by atoms with van der Waals surface area (Å²) in [7, 11) is 0. The van der Waals surface area contributed by atoms with Gasteiger partial charge in [0.05, 0.1) is 0 Å². The number of hydrogen-bond donors (Lipinski definition) is 0. The number of imide groups is 1. The molecule has 0 saturated carbocycles. The molecule has 2 amide bonds. The van der Waals surface area contributed by atoms with Gasteiger partial charge >= 0.3 is 0 Å². The van der Waals surface area contributed by atoms with E-state index >= 15 is 0 Å². The van der Waals surface area contributed by atoms with Gasteiger partial charge in [0.1, 0.15) is 5.54 Å². The van der Waals surface area contributed by atoms with Crippen LogP contribution in [0.2, 0.25) is 0 Å². The zero-order chi connectivity index (χ0) is 19.7. The third-order valence-electron chi connectivity index (χ3n) is 5.65. The lowest BCUT2D eigenvalue weighted by Crippen LogP contribution is -2.51. The van der Waals surface area contributed by atoms with Crippen LogP contribution in [0, 0.1) is 13.8 Å². The van der Waals surface area contributed by atoms with E-state index in [1.54, 1.807) is 0 Å². The van der Waals surface area contributed by atoms with E-state index in [9.17, 15) is 9.59 Å². The Kier molecular flexibility index (Phi) is 4.60. The van der Waals surface area contributed by atoms with Crippen molar-refractivity contribution in [2.45, 2.75) is 32.2 Å². The molecular formula is C25H23NO2. The van der Waals surface area contributed by atoms with Crippen molar-refractivity contribution < 1.29 is 9.59 Å². The molecule has 3 nitrogen and oxygen atoms in total. The highest BCUT2D eigenvalue weighted by Crippen LogP contribution is 2.46. The number of amides is 2. The monoisotopic (exact) mass is 369 g/mol. The van der Waals surface area contributed by atoms with Crippen molar-refractivity contribution in [3.8, 4) is 0 Å². The Labute approximate surface area is 165 Å². The Morgan fingerprint density at radius 1 is 0.643 bits per heavy atom. The second kappa shape index (κ2) is 7.08. The quantitative estimate of drug-likeness (QED) is 0.492. The molecule has 28 heavy (non-hydrogen) atoms. The van der Waals surface area contributed by atoms with Crippen LogP contribution in [0.4, 0.5) is 0 Å². The molecule has 0 N–H and O–H groups in total. The SMILES string of the molecule is Cc1ccccc1C(c1ccccc1)(c1ccccc1C)N1C(=O)CCC1=O. The van der Waals surface area contributed by atoms with E-state index in [0.29, 0.717) is 0 Å². The van der Waals surface area contributed by atoms with Crippen molar-refractivity contribution >= 4 is 11.8 Å². The summed E-state index contributed by atoms with van der Waals surface area (Å²) in [6.07, 6.45) is 0.510. The summed E-state index contributed by atoms with van der Waals surface area (Å²) in [5.74, 6) is -0.249. The second-order valence-electron chi connectivity index (χ2n) is 7.33. The molecule has 1 fully saturated rings. The molecule has 1 aliphatic rings. The average molecular weight is 369 g/mol. The van der Waals surface area contributed by atoms with E-state index in [-0.39, 0.29) is 24.7 Å². The van der Waals surface area contributed by atoms with Gasteiger partial charge < -0.3 is 0 Å². The molecule has 0 radical (unpaired) electrons. The van der Waals surface area contributed by atoms with Crippen LogP contribution in [0.15, 0.2) is 78.9 Å². The zero-order valence-corrected chi connectivity index (χ0v) is 16.2. The van der Waals surface area contributed by atoms with Crippen LogP contribution in [-0.2, 0) is 15.1 Å². The topological polar surface area (TPSA) is 37.4 Å². The minimum Gasteiger partial charge on any atom is -0.274 e. The predicted octanol–water partition coefficient (Wildman–Crippen LogP) is 4.74. The lowest BCUT2D eigenvalue weighted by molar-refractivity contribution is -0.143. The first-order chi connectivity index (χ1) is 13.6. The van der Waals surface area contributed by atoms with Gasteiger partial charge in [-0.1, -0.05) is 78.9 Å². The lowest BCUT2D eigenvalue weighted by Gasteiger charge is -2.43. The summed E-state index contributed by atoms with van der Waals surface area (Å²) in [4.78, 5) is 27.7. The van der Waals surface area contributed by atoms with Gasteiger partial charge in [0.2, 0.25) is 11.8 Å². The van der Waals surface area contributed by atoms with Crippen LogP contribution in [0.3, 0.4) is 0 Å². The number of aryl methyl sites for hydroxylation is 2. The summed E-state index contributed by atoms with van der Waals surface area (Å²) < 4.78 is 0. The molecular weight excluding hydrogens is 346 g/mol. The van der Waals surface area contributed by atoms with Crippen LogP contribution in [0.25, 0.3) is 0 Å². The average Bonchev–Trinajstić information content (AvgIpc) is 3.05. The fourth-order valence-electron chi connectivity index (χ4n) is 4.41. The first-order valence-electron chi connectivity index (χ1n) is 9.60. The van der Waals surface area contributed by atoms with E-state index in [2.05, 4.69) is 0 Å². The van der Waals surface area contributed by atoms with Crippen molar-refractivity contribution in [3.63, 3.8) is 0 Å². The van der Waals surface area contributed by atoms with E-state index in [0.717, 1.165) is 27.8 Å². The van der Waals surface area contributed by atoms with Gasteiger partial charge in [-0.2, -0.15) is 0 Å². The molecule has 0 spiro atoms. The Bertz CT molecular complexity index is 978. The highest BCUT2D eigenvalue weighted by molar-refractivity contribution is 6.04. The van der Waals surface area contributed by atoms with Gasteiger partial charge in [-0.15, -0.1) is 0 Å². The molecule has 4 rings (SSSR count). The molecule has 3 heteroatoms. The molecule has 0 aromatic heterocycles. The number of carbonyl (C=O) groups is 2. The van der Waals surface area contributed by atoms with Gasteiger partial charge in [-0.3, -0.25) is 14.5 Å². The highest BCUT2D eigenvalue weighted by Gasteiger charge is 2.51. The summed E-state index contributed by atoms with van der Waals surface area (Å²) >= 11 is 0. The zero-order valence-electron chi connectivity index (χ0n) is 16.2. The van der Waals surface area contributed by atoms with Crippen molar-refractivity contribution in [2.75, 3.05) is 0 Å². The third kappa shape index (κ3) is 2.66. The van der Waals surface area contributed by atoms with Gasteiger partial charge in [0, 0.05) is 12.8 Å². The first-order valence-corrected chi connectivity index (χ1v) is 9.60. The van der Waals surface area contributed by atoms with Crippen molar-refractivity contribution in [1.82, 2.24) is 4.90 Å². The van der Waals surface area contributed by atoms with Gasteiger partial charge in [0.15, 0.2) is 0 Å². The predicted molar refractivity (Wildman–Crippen MR) is 110 cm³/mol. The molecule has 3 aromatic carbocycles.